The minimum Gasteiger partial charge on any atom is -0.393 e. The molecule has 0 aromatic rings. The lowest BCUT2D eigenvalue weighted by atomic mass is 9.47. The van der Waals surface area contributed by atoms with E-state index in [-0.39, 0.29) is 6.10 Å². The second kappa shape index (κ2) is 8.76. The first-order valence-electron chi connectivity index (χ1n) is 13.2. The number of aliphatic hydroxyl groups excluding tert-OH is 1. The number of hydrogen-bond donors (Lipinski definition) is 2. The summed E-state index contributed by atoms with van der Waals surface area (Å²) in [6.07, 6.45) is 15.0. The maximum Gasteiger partial charge on any atom is 0.0641 e. The third kappa shape index (κ3) is 4.28. The Morgan fingerprint density at radius 3 is 2.65 bits per heavy atom. The van der Waals surface area contributed by atoms with Crippen molar-refractivity contribution in [3.63, 3.8) is 0 Å². The normalized spacial score (nSPS) is 45.1. The van der Waals surface area contributed by atoms with E-state index in [0.29, 0.717) is 23.4 Å². The van der Waals surface area contributed by atoms with Gasteiger partial charge in [0.1, 0.15) is 0 Å². The number of ether oxygens (including phenoxy) is 1. The van der Waals surface area contributed by atoms with Gasteiger partial charge in [-0.25, -0.2) is 0 Å². The van der Waals surface area contributed by atoms with Gasteiger partial charge in [-0.15, -0.1) is 0 Å². The van der Waals surface area contributed by atoms with Crippen LogP contribution >= 0.6 is 0 Å². The number of allylic oxidation sites excluding steroid dienone is 1. The van der Waals surface area contributed by atoms with Gasteiger partial charge in [0.2, 0.25) is 0 Å². The van der Waals surface area contributed by atoms with E-state index in [1.807, 2.05) is 6.92 Å². The summed E-state index contributed by atoms with van der Waals surface area (Å²) in [5.74, 6) is 3.99. The van der Waals surface area contributed by atoms with Gasteiger partial charge in [-0.2, -0.15) is 0 Å². The van der Waals surface area contributed by atoms with E-state index in [1.54, 1.807) is 12.7 Å². The summed E-state index contributed by atoms with van der Waals surface area (Å²) < 4.78 is 5.19. The molecule has 0 aromatic heterocycles. The average Bonchev–Trinajstić information content (AvgIpc) is 3.08. The van der Waals surface area contributed by atoms with E-state index >= 15 is 0 Å². The second-order valence-corrected chi connectivity index (χ2v) is 12.6. The lowest BCUT2D eigenvalue weighted by molar-refractivity contribution is -0.0593. The van der Waals surface area contributed by atoms with Gasteiger partial charge in [0, 0.05) is 13.7 Å². The van der Waals surface area contributed by atoms with E-state index in [0.717, 1.165) is 55.8 Å². The predicted molar refractivity (Wildman–Crippen MR) is 127 cm³/mol. The first-order chi connectivity index (χ1) is 14.6. The molecule has 4 aliphatic rings. The fourth-order valence-corrected chi connectivity index (χ4v) is 8.80. The van der Waals surface area contributed by atoms with Crippen molar-refractivity contribution in [1.29, 1.82) is 0 Å². The van der Waals surface area contributed by atoms with Crippen molar-refractivity contribution in [2.75, 3.05) is 13.7 Å². The molecule has 2 N–H and O–H groups in total. The Morgan fingerprint density at radius 1 is 1.13 bits per heavy atom. The van der Waals surface area contributed by atoms with Gasteiger partial charge >= 0.3 is 0 Å². The predicted octanol–water partition coefficient (Wildman–Crippen LogP) is 6.13. The molecule has 8 unspecified atom stereocenters. The van der Waals surface area contributed by atoms with Gasteiger partial charge in [0.15, 0.2) is 0 Å². The topological polar surface area (TPSA) is 49.7 Å². The Labute approximate surface area is 191 Å². The fourth-order valence-electron chi connectivity index (χ4n) is 8.80. The molecular formula is C28H48O3. The second-order valence-electron chi connectivity index (χ2n) is 12.6. The SMILES string of the molecule is COCCC(C)(O)CC[C@@H](C)C1CCC2C3CC=C4CC(O)CCC4(C)C3CCC21C. The first-order valence-corrected chi connectivity index (χ1v) is 13.2. The number of fused-ring (bicyclic) bond motifs is 5. The molecule has 4 aliphatic carbocycles. The zero-order valence-electron chi connectivity index (χ0n) is 20.8. The molecule has 178 valence electrons. The highest BCUT2D eigenvalue weighted by Gasteiger charge is 2.59. The fraction of sp³-hybridized carbons (Fsp3) is 0.929. The molecule has 3 nitrogen and oxygen atoms in total. The summed E-state index contributed by atoms with van der Waals surface area (Å²) in [6, 6.07) is 0. The largest absolute Gasteiger partial charge is 0.393 e. The lowest BCUT2D eigenvalue weighted by Crippen LogP contribution is -2.50. The number of methoxy groups -OCH3 is 1. The van der Waals surface area contributed by atoms with Crippen LogP contribution in [0.15, 0.2) is 11.6 Å². The highest BCUT2D eigenvalue weighted by atomic mass is 16.5. The average molecular weight is 433 g/mol. The van der Waals surface area contributed by atoms with Crippen molar-refractivity contribution in [2.24, 2.45) is 40.4 Å². The maximum absolute atomic E-state index is 10.7. The quantitative estimate of drug-likeness (QED) is 0.476. The molecule has 0 amide bonds. The summed E-state index contributed by atoms with van der Waals surface area (Å²) in [5.41, 5.74) is 1.78. The van der Waals surface area contributed by atoms with Crippen molar-refractivity contribution in [2.45, 2.75) is 110 Å². The molecule has 3 saturated carbocycles. The summed E-state index contributed by atoms with van der Waals surface area (Å²) >= 11 is 0. The van der Waals surface area contributed by atoms with E-state index in [2.05, 4.69) is 26.8 Å². The van der Waals surface area contributed by atoms with Crippen LogP contribution in [0.4, 0.5) is 0 Å². The molecule has 4 rings (SSSR count). The molecule has 0 aliphatic heterocycles. The van der Waals surface area contributed by atoms with Gasteiger partial charge in [-0.05, 0) is 118 Å². The van der Waals surface area contributed by atoms with Crippen molar-refractivity contribution in [3.8, 4) is 0 Å². The van der Waals surface area contributed by atoms with Crippen LogP contribution in [0.25, 0.3) is 0 Å². The maximum atomic E-state index is 10.7. The molecule has 9 atom stereocenters. The Balaban J connectivity index is 1.45. The van der Waals surface area contributed by atoms with Gasteiger partial charge in [0.25, 0.3) is 0 Å². The molecule has 31 heavy (non-hydrogen) atoms. The van der Waals surface area contributed by atoms with Crippen LogP contribution in [0.1, 0.15) is 98.3 Å². The van der Waals surface area contributed by atoms with Gasteiger partial charge < -0.3 is 14.9 Å². The zero-order chi connectivity index (χ0) is 22.4. The van der Waals surface area contributed by atoms with Crippen LogP contribution in [0.5, 0.6) is 0 Å². The molecule has 0 bridgehead atoms. The van der Waals surface area contributed by atoms with E-state index < -0.39 is 5.60 Å². The molecule has 3 heteroatoms. The zero-order valence-corrected chi connectivity index (χ0v) is 20.8. The van der Waals surface area contributed by atoms with Gasteiger partial charge in [-0.3, -0.25) is 0 Å². The summed E-state index contributed by atoms with van der Waals surface area (Å²) in [4.78, 5) is 0. The monoisotopic (exact) mass is 432 g/mol. The third-order valence-electron chi connectivity index (χ3n) is 10.8. The molecule has 0 aromatic carbocycles. The van der Waals surface area contributed by atoms with Crippen molar-refractivity contribution in [3.05, 3.63) is 11.6 Å². The highest BCUT2D eigenvalue weighted by molar-refractivity contribution is 5.25. The van der Waals surface area contributed by atoms with Crippen LogP contribution in [0.2, 0.25) is 0 Å². The molecule has 0 radical (unpaired) electrons. The van der Waals surface area contributed by atoms with Crippen molar-refractivity contribution < 1.29 is 14.9 Å². The van der Waals surface area contributed by atoms with Crippen molar-refractivity contribution >= 4 is 0 Å². The summed E-state index contributed by atoms with van der Waals surface area (Å²) in [5, 5.41) is 21.0. The Bertz CT molecular complexity index is 669. The van der Waals surface area contributed by atoms with Crippen LogP contribution < -0.4 is 0 Å². The molecular weight excluding hydrogens is 384 g/mol. The summed E-state index contributed by atoms with van der Waals surface area (Å²) in [6.45, 7) is 10.2. The van der Waals surface area contributed by atoms with E-state index in [4.69, 9.17) is 4.74 Å². The number of aliphatic hydroxyl groups is 2. The summed E-state index contributed by atoms with van der Waals surface area (Å²) in [7, 11) is 1.72. The van der Waals surface area contributed by atoms with Gasteiger partial charge in [-0.1, -0.05) is 32.4 Å². The number of hydrogen-bond acceptors (Lipinski definition) is 3. The van der Waals surface area contributed by atoms with Crippen LogP contribution in [-0.2, 0) is 4.74 Å². The molecule has 3 fully saturated rings. The highest BCUT2D eigenvalue weighted by Crippen LogP contribution is 2.67. The van der Waals surface area contributed by atoms with Crippen LogP contribution in [-0.4, -0.2) is 35.6 Å². The smallest absolute Gasteiger partial charge is 0.0641 e. The Hall–Kier alpha value is -0.380. The lowest BCUT2D eigenvalue weighted by Gasteiger charge is -2.58. The number of rotatable bonds is 7. The van der Waals surface area contributed by atoms with Gasteiger partial charge in [0.05, 0.1) is 11.7 Å². The minimum absolute atomic E-state index is 0.109. The minimum atomic E-state index is -0.606. The van der Waals surface area contributed by atoms with Crippen LogP contribution in [0.3, 0.4) is 0 Å². The van der Waals surface area contributed by atoms with Crippen LogP contribution in [0, 0.1) is 40.4 Å². The standard InChI is InChI=1S/C28H48O3/c1-19(10-13-26(2,30)16-17-31-5)23-8-9-24-22-7-6-20-18-21(29)11-14-27(20,3)25(22)12-15-28(23,24)4/h6,19,21-25,29-30H,7-18H2,1-5H3/t19-,21?,22?,23?,24?,25?,26?,27?,28?/m1/s1. The molecule has 0 spiro atoms. The molecule has 0 heterocycles. The third-order valence-corrected chi connectivity index (χ3v) is 10.8. The van der Waals surface area contributed by atoms with Crippen molar-refractivity contribution in [1.82, 2.24) is 0 Å². The van der Waals surface area contributed by atoms with E-state index in [9.17, 15) is 10.2 Å². The molecule has 0 saturated heterocycles. The Morgan fingerprint density at radius 2 is 1.90 bits per heavy atom. The first kappa shape index (κ1) is 23.8. The van der Waals surface area contributed by atoms with E-state index in [1.165, 1.54) is 38.5 Å². The Kier molecular flexibility index (Phi) is 6.72.